The predicted octanol–water partition coefficient (Wildman–Crippen LogP) is 2.53. The Kier molecular flexibility index (Phi) is 6.87. The van der Waals surface area contributed by atoms with Gasteiger partial charge in [0.05, 0.1) is 13.2 Å². The van der Waals surface area contributed by atoms with E-state index in [4.69, 9.17) is 9.15 Å². The molecule has 0 aliphatic carbocycles. The number of fused-ring (bicyclic) bond motifs is 1. The highest BCUT2D eigenvalue weighted by atomic mass is 16.5. The lowest BCUT2D eigenvalue weighted by Crippen LogP contribution is -2.44. The lowest BCUT2D eigenvalue weighted by Gasteiger charge is -2.32. The van der Waals surface area contributed by atoms with Crippen molar-refractivity contribution in [3.05, 3.63) is 58.2 Å². The number of rotatable bonds is 7. The first-order valence-corrected chi connectivity index (χ1v) is 10.9. The molecule has 1 amide bonds. The normalized spacial score (nSPS) is 15.2. The number of oxazole rings is 1. The number of hydrogen-bond acceptors (Lipinski definition) is 7. The number of aromatic nitrogens is 2. The summed E-state index contributed by atoms with van der Waals surface area (Å²) < 4.78 is 12.1. The minimum absolute atomic E-state index is 0.290. The van der Waals surface area contributed by atoms with Crippen LogP contribution in [0.15, 0.2) is 45.6 Å². The molecule has 1 N–H and O–H groups in total. The predicted molar refractivity (Wildman–Crippen MR) is 122 cm³/mol. The SMILES string of the molecule is Cc1ccc2oc(=O)n(Cc3cccc(NC(=O)OCCCN4CCN(C)CC4)c3)c2n1. The molecule has 1 aromatic carbocycles. The Morgan fingerprint density at radius 2 is 2.00 bits per heavy atom. The second-order valence-electron chi connectivity index (χ2n) is 8.19. The van der Waals surface area contributed by atoms with Crippen LogP contribution >= 0.6 is 0 Å². The molecule has 0 radical (unpaired) electrons. The fourth-order valence-electron chi connectivity index (χ4n) is 3.79. The third-order valence-electron chi connectivity index (χ3n) is 5.61. The number of likely N-dealkylation sites (N-methyl/N-ethyl adjacent to an activating group) is 1. The number of carbonyl (C=O) groups excluding carboxylic acids is 1. The van der Waals surface area contributed by atoms with Crippen LogP contribution in [0.2, 0.25) is 0 Å². The zero-order valence-electron chi connectivity index (χ0n) is 18.5. The van der Waals surface area contributed by atoms with Crippen LogP contribution in [0.4, 0.5) is 10.5 Å². The van der Waals surface area contributed by atoms with Crippen LogP contribution in [-0.4, -0.2) is 71.8 Å². The maximum atomic E-state index is 12.3. The van der Waals surface area contributed by atoms with Gasteiger partial charge in [0, 0.05) is 44.1 Å². The molecular weight excluding hydrogens is 410 g/mol. The van der Waals surface area contributed by atoms with Crippen molar-refractivity contribution in [2.75, 3.05) is 51.7 Å². The van der Waals surface area contributed by atoms with Gasteiger partial charge in [0.1, 0.15) is 0 Å². The molecule has 1 saturated heterocycles. The summed E-state index contributed by atoms with van der Waals surface area (Å²) in [5.74, 6) is -0.462. The van der Waals surface area contributed by atoms with Gasteiger partial charge >= 0.3 is 11.8 Å². The van der Waals surface area contributed by atoms with E-state index in [0.717, 1.165) is 50.4 Å². The number of amides is 1. The summed E-state index contributed by atoms with van der Waals surface area (Å²) in [5.41, 5.74) is 3.21. The zero-order chi connectivity index (χ0) is 22.5. The van der Waals surface area contributed by atoms with E-state index in [1.165, 1.54) is 4.57 Å². The average Bonchev–Trinajstić information content (AvgIpc) is 3.07. The number of ether oxygens (including phenoxy) is 1. The minimum atomic E-state index is -0.483. The van der Waals surface area contributed by atoms with Crippen LogP contribution in [0.1, 0.15) is 17.7 Å². The summed E-state index contributed by atoms with van der Waals surface area (Å²) in [5, 5.41) is 2.76. The smallest absolute Gasteiger partial charge is 0.421 e. The minimum Gasteiger partial charge on any atom is -0.449 e. The number of carbonyl (C=O) groups is 1. The number of nitrogens with one attached hydrogen (secondary N) is 1. The molecule has 3 aromatic rings. The maximum absolute atomic E-state index is 12.3. The Balaban J connectivity index is 1.30. The van der Waals surface area contributed by atoms with E-state index in [2.05, 4.69) is 27.1 Å². The molecule has 0 spiro atoms. The Labute approximate surface area is 186 Å². The standard InChI is InChI=1S/C23H29N5O4/c1-17-7-8-20-21(24-17)28(23(30)32-20)16-18-5-3-6-19(15-18)25-22(29)31-14-4-9-27-12-10-26(2)11-13-27/h3,5-8,15H,4,9-14,16H2,1-2H3,(H,25,29). The van der Waals surface area contributed by atoms with E-state index < -0.39 is 11.8 Å². The molecule has 9 heteroatoms. The van der Waals surface area contributed by atoms with E-state index in [1.54, 1.807) is 18.2 Å². The van der Waals surface area contributed by atoms with Gasteiger partial charge in [0.15, 0.2) is 11.2 Å². The molecule has 32 heavy (non-hydrogen) atoms. The van der Waals surface area contributed by atoms with Gasteiger partial charge < -0.3 is 19.0 Å². The summed E-state index contributed by atoms with van der Waals surface area (Å²) in [6.07, 6.45) is 0.323. The van der Waals surface area contributed by atoms with Crippen molar-refractivity contribution in [2.24, 2.45) is 0 Å². The van der Waals surface area contributed by atoms with Crippen molar-refractivity contribution in [3.63, 3.8) is 0 Å². The van der Waals surface area contributed by atoms with Gasteiger partial charge in [-0.2, -0.15) is 0 Å². The Morgan fingerprint density at radius 1 is 1.19 bits per heavy atom. The van der Waals surface area contributed by atoms with Crippen LogP contribution in [0.25, 0.3) is 11.2 Å². The van der Waals surface area contributed by atoms with Crippen molar-refractivity contribution in [3.8, 4) is 0 Å². The molecule has 3 heterocycles. The molecule has 4 rings (SSSR count). The van der Waals surface area contributed by atoms with Gasteiger partial charge in [-0.3, -0.25) is 9.88 Å². The highest BCUT2D eigenvalue weighted by Crippen LogP contribution is 2.16. The fraction of sp³-hybridized carbons (Fsp3) is 0.435. The summed E-state index contributed by atoms with van der Waals surface area (Å²) in [6, 6.07) is 10.8. The monoisotopic (exact) mass is 439 g/mol. The van der Waals surface area contributed by atoms with Crippen molar-refractivity contribution < 1.29 is 13.9 Å². The third kappa shape index (κ3) is 5.54. The molecule has 1 fully saturated rings. The first-order valence-electron chi connectivity index (χ1n) is 10.9. The molecule has 0 bridgehead atoms. The summed E-state index contributed by atoms with van der Waals surface area (Å²) >= 11 is 0. The number of hydrogen-bond donors (Lipinski definition) is 1. The lowest BCUT2D eigenvalue weighted by molar-refractivity contribution is 0.130. The first kappa shape index (κ1) is 22.0. The van der Waals surface area contributed by atoms with E-state index in [-0.39, 0.29) is 6.54 Å². The molecule has 0 saturated carbocycles. The highest BCUT2D eigenvalue weighted by molar-refractivity contribution is 5.84. The molecule has 0 unspecified atom stereocenters. The topological polar surface area (TPSA) is 92.8 Å². The van der Waals surface area contributed by atoms with Gasteiger partial charge in [0.25, 0.3) is 0 Å². The fourth-order valence-corrected chi connectivity index (χ4v) is 3.79. The van der Waals surface area contributed by atoms with Crippen molar-refractivity contribution >= 4 is 23.0 Å². The van der Waals surface area contributed by atoms with Gasteiger partial charge in [-0.25, -0.2) is 14.6 Å². The number of benzene rings is 1. The average molecular weight is 440 g/mol. The molecule has 9 nitrogen and oxygen atoms in total. The quantitative estimate of drug-likeness (QED) is 0.566. The Morgan fingerprint density at radius 3 is 2.81 bits per heavy atom. The van der Waals surface area contributed by atoms with Crippen LogP contribution in [-0.2, 0) is 11.3 Å². The number of nitrogens with zero attached hydrogens (tertiary/aromatic N) is 4. The number of pyridine rings is 1. The second kappa shape index (κ2) is 9.97. The molecule has 1 aliphatic heterocycles. The third-order valence-corrected chi connectivity index (χ3v) is 5.61. The summed E-state index contributed by atoms with van der Waals surface area (Å²) in [6.45, 7) is 7.72. The van der Waals surface area contributed by atoms with Gasteiger partial charge in [0.2, 0.25) is 0 Å². The van der Waals surface area contributed by atoms with Crippen molar-refractivity contribution in [1.82, 2.24) is 19.4 Å². The van der Waals surface area contributed by atoms with Crippen LogP contribution in [0.3, 0.4) is 0 Å². The molecule has 2 aromatic heterocycles. The van der Waals surface area contributed by atoms with Crippen LogP contribution in [0.5, 0.6) is 0 Å². The zero-order valence-corrected chi connectivity index (χ0v) is 18.5. The lowest BCUT2D eigenvalue weighted by atomic mass is 10.2. The van der Waals surface area contributed by atoms with Crippen molar-refractivity contribution in [1.29, 1.82) is 0 Å². The number of aryl methyl sites for hydroxylation is 1. The maximum Gasteiger partial charge on any atom is 0.421 e. The van der Waals surface area contributed by atoms with E-state index >= 15 is 0 Å². The molecule has 0 atom stereocenters. The van der Waals surface area contributed by atoms with Gasteiger partial charge in [-0.1, -0.05) is 12.1 Å². The highest BCUT2D eigenvalue weighted by Gasteiger charge is 2.14. The van der Waals surface area contributed by atoms with Crippen molar-refractivity contribution in [2.45, 2.75) is 19.9 Å². The largest absolute Gasteiger partial charge is 0.449 e. The Hall–Kier alpha value is -3.17. The van der Waals surface area contributed by atoms with E-state index in [1.807, 2.05) is 25.1 Å². The second-order valence-corrected chi connectivity index (χ2v) is 8.19. The summed E-state index contributed by atoms with van der Waals surface area (Å²) in [7, 11) is 2.13. The van der Waals surface area contributed by atoms with E-state index in [9.17, 15) is 9.59 Å². The molecule has 170 valence electrons. The van der Waals surface area contributed by atoms with Crippen LogP contribution < -0.4 is 11.1 Å². The first-order chi connectivity index (χ1) is 15.5. The molecule has 1 aliphatic rings. The number of piperazine rings is 1. The Bertz CT molecular complexity index is 1130. The number of anilines is 1. The van der Waals surface area contributed by atoms with Crippen LogP contribution in [0, 0.1) is 6.92 Å². The van der Waals surface area contributed by atoms with Gasteiger partial charge in [-0.15, -0.1) is 0 Å². The molecular formula is C23H29N5O4. The van der Waals surface area contributed by atoms with E-state index in [0.29, 0.717) is 23.5 Å². The van der Waals surface area contributed by atoms with Gasteiger partial charge in [-0.05, 0) is 50.2 Å². The summed E-state index contributed by atoms with van der Waals surface area (Å²) in [4.78, 5) is 33.5.